The SMILES string of the molecule is CC[C@H](C)[C@@H](C(=O)N[C@H](Cc1ccccc1)C(O)CN(CC(C)C)S(=O)(=O)c1ccc(/C=N/O)cc1)N1CCN(Cc2cccc(CN(C)C(C)=O)n2)C1=O. The van der Waals surface area contributed by atoms with Crippen LogP contribution in [0, 0.1) is 11.8 Å². The van der Waals surface area contributed by atoms with E-state index in [1.807, 2.05) is 76.2 Å². The Morgan fingerprint density at radius 2 is 1.65 bits per heavy atom. The number of amides is 4. The number of aliphatic hydroxyl groups is 1. The van der Waals surface area contributed by atoms with Crippen LogP contribution in [0.4, 0.5) is 4.79 Å². The Balaban J connectivity index is 1.57. The van der Waals surface area contributed by atoms with Gasteiger partial charge in [0.15, 0.2) is 0 Å². The molecule has 55 heavy (non-hydrogen) atoms. The molecule has 3 N–H and O–H groups in total. The second-order valence-electron chi connectivity index (χ2n) is 14.6. The largest absolute Gasteiger partial charge is 0.411 e. The van der Waals surface area contributed by atoms with Crippen LogP contribution in [0.3, 0.4) is 0 Å². The standard InChI is InChI=1S/C40H55N7O7S/c1-7-29(4)38(47-21-20-45(40(47)51)26-34-15-11-14-33(42-34)25-44(6)30(5)48)39(50)43-36(22-31-12-9-8-10-13-31)37(49)27-46(24-28(2)3)55(53,54)35-18-16-32(17-19-35)23-41-52/h8-19,23,28-29,36-38,49,52H,7,20-22,24-27H2,1-6H3,(H,43,50)/b41-23+/t29-,36+,37?,38-/m0/s1. The van der Waals surface area contributed by atoms with E-state index >= 15 is 0 Å². The Hall–Kier alpha value is -4.86. The summed E-state index contributed by atoms with van der Waals surface area (Å²) in [6.07, 6.45) is 0.691. The van der Waals surface area contributed by atoms with Crippen molar-refractivity contribution in [1.82, 2.24) is 29.3 Å². The smallest absolute Gasteiger partial charge is 0.321 e. The highest BCUT2D eigenvalue weighted by Gasteiger charge is 2.41. The number of benzene rings is 2. The Labute approximate surface area is 324 Å². The Bertz CT molecular complexity index is 1880. The molecule has 1 saturated heterocycles. The van der Waals surface area contributed by atoms with Gasteiger partial charge in [0, 0.05) is 40.2 Å². The van der Waals surface area contributed by atoms with Crippen molar-refractivity contribution in [2.45, 2.75) is 83.6 Å². The maximum absolute atomic E-state index is 14.4. The minimum atomic E-state index is -4.08. The first-order valence-electron chi connectivity index (χ1n) is 18.7. The van der Waals surface area contributed by atoms with Crippen molar-refractivity contribution in [2.24, 2.45) is 17.0 Å². The van der Waals surface area contributed by atoms with Crippen LogP contribution in [-0.2, 0) is 39.1 Å². The fourth-order valence-electron chi connectivity index (χ4n) is 6.57. The van der Waals surface area contributed by atoms with Gasteiger partial charge in [0.05, 0.1) is 47.7 Å². The minimum absolute atomic E-state index is 0.0124. The van der Waals surface area contributed by atoms with Crippen LogP contribution in [0.5, 0.6) is 0 Å². The summed E-state index contributed by atoms with van der Waals surface area (Å²) in [5, 5.41) is 26.8. The number of carbonyl (C=O) groups is 3. The monoisotopic (exact) mass is 777 g/mol. The van der Waals surface area contributed by atoms with Crippen LogP contribution in [0.1, 0.15) is 63.6 Å². The molecule has 1 aromatic heterocycles. The van der Waals surface area contributed by atoms with Crippen LogP contribution >= 0.6 is 0 Å². The Morgan fingerprint density at radius 3 is 2.27 bits per heavy atom. The molecule has 4 rings (SSSR count). The lowest BCUT2D eigenvalue weighted by molar-refractivity contribution is -0.129. The maximum atomic E-state index is 14.4. The van der Waals surface area contributed by atoms with Crippen molar-refractivity contribution in [3.8, 4) is 0 Å². The molecule has 298 valence electrons. The quantitative estimate of drug-likeness (QED) is 0.0932. The minimum Gasteiger partial charge on any atom is -0.411 e. The van der Waals surface area contributed by atoms with E-state index in [-0.39, 0.29) is 54.7 Å². The molecule has 0 bridgehead atoms. The van der Waals surface area contributed by atoms with Gasteiger partial charge in [-0.15, -0.1) is 0 Å². The second-order valence-corrected chi connectivity index (χ2v) is 16.6. The molecule has 14 nitrogen and oxygen atoms in total. The Morgan fingerprint density at radius 1 is 0.982 bits per heavy atom. The molecule has 1 fully saturated rings. The highest BCUT2D eigenvalue weighted by molar-refractivity contribution is 7.89. The number of sulfonamides is 1. The number of aliphatic hydroxyl groups excluding tert-OH is 1. The van der Waals surface area contributed by atoms with Gasteiger partial charge in [-0.3, -0.25) is 14.6 Å². The predicted molar refractivity (Wildman–Crippen MR) is 210 cm³/mol. The molecule has 1 unspecified atom stereocenters. The van der Waals surface area contributed by atoms with Crippen LogP contribution in [0.25, 0.3) is 0 Å². The molecule has 2 aromatic carbocycles. The van der Waals surface area contributed by atoms with Crippen LogP contribution in [0.15, 0.2) is 82.8 Å². The molecule has 0 aliphatic carbocycles. The number of nitrogens with one attached hydrogen (secondary N) is 1. The molecule has 2 heterocycles. The number of hydrogen-bond acceptors (Lipinski definition) is 9. The highest BCUT2D eigenvalue weighted by Crippen LogP contribution is 2.24. The average Bonchev–Trinajstić information content (AvgIpc) is 3.49. The van der Waals surface area contributed by atoms with Gasteiger partial charge in [-0.1, -0.05) is 87.8 Å². The third kappa shape index (κ3) is 11.6. The Kier molecular flexibility index (Phi) is 15.3. The first kappa shape index (κ1) is 42.9. The number of carbonyl (C=O) groups excluding carboxylic acids is 3. The molecule has 15 heteroatoms. The first-order chi connectivity index (χ1) is 26.1. The number of oxime groups is 1. The van der Waals surface area contributed by atoms with E-state index in [0.29, 0.717) is 43.0 Å². The second kappa shape index (κ2) is 19.6. The predicted octanol–water partition coefficient (Wildman–Crippen LogP) is 3.96. The zero-order valence-corrected chi connectivity index (χ0v) is 33.4. The lowest BCUT2D eigenvalue weighted by Crippen LogP contribution is -2.57. The molecule has 4 amide bonds. The summed E-state index contributed by atoms with van der Waals surface area (Å²) in [6.45, 7) is 10.2. The molecule has 0 radical (unpaired) electrons. The summed E-state index contributed by atoms with van der Waals surface area (Å²) in [4.78, 5) is 49.5. The van der Waals surface area contributed by atoms with E-state index in [1.54, 1.807) is 21.7 Å². The summed E-state index contributed by atoms with van der Waals surface area (Å²) in [5.41, 5.74) is 2.71. The number of aromatic nitrogens is 1. The van der Waals surface area contributed by atoms with Crippen LogP contribution in [-0.4, -0.2) is 118 Å². The van der Waals surface area contributed by atoms with Crippen LogP contribution < -0.4 is 5.32 Å². The van der Waals surface area contributed by atoms with Crippen molar-refractivity contribution in [3.63, 3.8) is 0 Å². The van der Waals surface area contributed by atoms with E-state index in [2.05, 4.69) is 15.5 Å². The summed E-state index contributed by atoms with van der Waals surface area (Å²) in [6, 6.07) is 18.6. The summed E-state index contributed by atoms with van der Waals surface area (Å²) >= 11 is 0. The van der Waals surface area contributed by atoms with Gasteiger partial charge in [0.2, 0.25) is 21.8 Å². The lowest BCUT2D eigenvalue weighted by Gasteiger charge is -2.35. The van der Waals surface area contributed by atoms with E-state index in [9.17, 15) is 27.9 Å². The number of pyridine rings is 1. The number of rotatable bonds is 19. The molecule has 1 aliphatic rings. The fraction of sp³-hybridized carbons (Fsp3) is 0.475. The molecular formula is C40H55N7O7S. The van der Waals surface area contributed by atoms with Gasteiger partial charge >= 0.3 is 6.03 Å². The summed E-state index contributed by atoms with van der Waals surface area (Å²) < 4.78 is 29.1. The third-order valence-corrected chi connectivity index (χ3v) is 11.7. The number of urea groups is 1. The van der Waals surface area contributed by atoms with Crippen molar-refractivity contribution in [3.05, 3.63) is 95.3 Å². The zero-order chi connectivity index (χ0) is 40.3. The normalized spacial score (nSPS) is 15.8. The van der Waals surface area contributed by atoms with Crippen LogP contribution in [0.2, 0.25) is 0 Å². The van der Waals surface area contributed by atoms with Gasteiger partial charge in [0.25, 0.3) is 0 Å². The average molecular weight is 778 g/mol. The van der Waals surface area contributed by atoms with Gasteiger partial charge in [-0.25, -0.2) is 13.2 Å². The molecule has 3 aromatic rings. The van der Waals surface area contributed by atoms with Crippen molar-refractivity contribution in [1.29, 1.82) is 0 Å². The molecule has 0 spiro atoms. The first-order valence-corrected chi connectivity index (χ1v) is 20.1. The third-order valence-electron chi connectivity index (χ3n) is 9.84. The van der Waals surface area contributed by atoms with E-state index in [4.69, 9.17) is 5.21 Å². The molecular weight excluding hydrogens is 723 g/mol. The van der Waals surface area contributed by atoms with Gasteiger partial charge < -0.3 is 30.3 Å². The summed E-state index contributed by atoms with van der Waals surface area (Å²) in [5.74, 6) is -0.834. The van der Waals surface area contributed by atoms with Gasteiger partial charge in [-0.2, -0.15) is 4.31 Å². The molecule has 4 atom stereocenters. The van der Waals surface area contributed by atoms with Crippen molar-refractivity contribution < 1.29 is 33.1 Å². The summed E-state index contributed by atoms with van der Waals surface area (Å²) in [7, 11) is -2.39. The number of nitrogens with zero attached hydrogens (tertiary/aromatic N) is 6. The molecule has 0 saturated carbocycles. The maximum Gasteiger partial charge on any atom is 0.321 e. The zero-order valence-electron chi connectivity index (χ0n) is 32.6. The number of hydrogen-bond donors (Lipinski definition) is 3. The molecule has 1 aliphatic heterocycles. The highest BCUT2D eigenvalue weighted by atomic mass is 32.2. The van der Waals surface area contributed by atoms with Gasteiger partial charge in [0.1, 0.15) is 6.04 Å². The lowest BCUT2D eigenvalue weighted by atomic mass is 9.95. The van der Waals surface area contributed by atoms with Crippen molar-refractivity contribution in [2.75, 3.05) is 33.2 Å². The van der Waals surface area contributed by atoms with E-state index in [1.165, 1.54) is 41.7 Å². The van der Waals surface area contributed by atoms with Gasteiger partial charge in [-0.05, 0) is 53.6 Å². The van der Waals surface area contributed by atoms with E-state index < -0.39 is 34.1 Å². The van der Waals surface area contributed by atoms with E-state index in [0.717, 1.165) is 5.56 Å². The fourth-order valence-corrected chi connectivity index (χ4v) is 8.19. The van der Waals surface area contributed by atoms with Crippen molar-refractivity contribution >= 4 is 34.1 Å². The topological polar surface area (TPSA) is 176 Å².